The maximum Gasteiger partial charge on any atom is 0.296 e. The summed E-state index contributed by atoms with van der Waals surface area (Å²) in [5, 5.41) is 8.25. The predicted octanol–water partition coefficient (Wildman–Crippen LogP) is 0.959. The molecule has 2 nitrogen and oxygen atoms in total. The number of hydrogen-bond donors (Lipinski definition) is 1. The van der Waals surface area contributed by atoms with Gasteiger partial charge in [0.05, 0.1) is 13.2 Å². The minimum Gasteiger partial charge on any atom is -0.392 e. The normalized spacial score (nSPS) is 31.3. The third kappa shape index (κ3) is 1.57. The van der Waals surface area contributed by atoms with Crippen LogP contribution in [0.4, 0.5) is 8.78 Å². The lowest BCUT2D eigenvalue weighted by molar-refractivity contribution is -0.0222. The molecule has 1 heterocycles. The molecule has 1 fully saturated rings. The molecule has 1 aliphatic heterocycles. The van der Waals surface area contributed by atoms with Crippen molar-refractivity contribution < 1.29 is 18.6 Å². The molecule has 0 radical (unpaired) electrons. The third-order valence-corrected chi connectivity index (χ3v) is 1.72. The van der Waals surface area contributed by atoms with E-state index in [4.69, 9.17) is 5.11 Å². The second-order valence-electron chi connectivity index (χ2n) is 2.73. The molecule has 0 bridgehead atoms. The quantitative estimate of drug-likeness (QED) is 0.497. The fraction of sp³-hybridized carbons (Fsp3) is 0.714. The summed E-state index contributed by atoms with van der Waals surface area (Å²) in [6, 6.07) is 0. The average molecular weight is 164 g/mol. The molecule has 11 heavy (non-hydrogen) atoms. The van der Waals surface area contributed by atoms with Crippen LogP contribution >= 0.6 is 0 Å². The zero-order valence-corrected chi connectivity index (χ0v) is 6.18. The summed E-state index contributed by atoms with van der Waals surface area (Å²) in [5.74, 6) is -2.96. The molecule has 1 unspecified atom stereocenters. The van der Waals surface area contributed by atoms with Gasteiger partial charge in [-0.05, 0) is 13.0 Å². The zero-order chi connectivity index (χ0) is 8.54. The number of rotatable bonds is 3. The van der Waals surface area contributed by atoms with E-state index in [1.165, 1.54) is 6.92 Å². The van der Waals surface area contributed by atoms with Gasteiger partial charge in [-0.3, -0.25) is 0 Å². The lowest BCUT2D eigenvalue weighted by Gasteiger charge is -2.15. The second kappa shape index (κ2) is 2.53. The maximum atomic E-state index is 12.9. The molecule has 1 N–H and O–H groups in total. The summed E-state index contributed by atoms with van der Waals surface area (Å²) in [4.78, 5) is 0. The van der Waals surface area contributed by atoms with Gasteiger partial charge in [-0.25, -0.2) is 0 Å². The van der Waals surface area contributed by atoms with Crippen LogP contribution in [0.5, 0.6) is 0 Å². The van der Waals surface area contributed by atoms with Crippen LogP contribution in [-0.4, -0.2) is 29.8 Å². The molecule has 0 aromatic rings. The lowest BCUT2D eigenvalue weighted by Crippen LogP contribution is -2.32. The van der Waals surface area contributed by atoms with Crippen LogP contribution < -0.4 is 0 Å². The Labute approximate surface area is 63.5 Å². The molecule has 64 valence electrons. The van der Waals surface area contributed by atoms with Crippen LogP contribution in [0.15, 0.2) is 12.2 Å². The zero-order valence-electron chi connectivity index (χ0n) is 6.18. The van der Waals surface area contributed by atoms with Crippen molar-refractivity contribution in [1.82, 2.24) is 0 Å². The Balaban J connectivity index is 2.59. The van der Waals surface area contributed by atoms with Gasteiger partial charge >= 0.3 is 0 Å². The van der Waals surface area contributed by atoms with Gasteiger partial charge in [-0.1, -0.05) is 6.08 Å². The highest BCUT2D eigenvalue weighted by Crippen LogP contribution is 2.42. The Hall–Kier alpha value is -0.480. The molecule has 1 rings (SSSR count). The molecule has 1 aliphatic rings. The van der Waals surface area contributed by atoms with Crippen molar-refractivity contribution in [2.75, 3.05) is 13.2 Å². The summed E-state index contributed by atoms with van der Waals surface area (Å²) < 4.78 is 30.3. The summed E-state index contributed by atoms with van der Waals surface area (Å²) in [7, 11) is 0. The van der Waals surface area contributed by atoms with Gasteiger partial charge in [-0.15, -0.1) is 0 Å². The molecule has 0 amide bonds. The Morgan fingerprint density at radius 1 is 1.73 bits per heavy atom. The second-order valence-corrected chi connectivity index (χ2v) is 2.73. The van der Waals surface area contributed by atoms with E-state index in [1.807, 2.05) is 0 Å². The van der Waals surface area contributed by atoms with E-state index < -0.39 is 11.5 Å². The van der Waals surface area contributed by atoms with Gasteiger partial charge in [0.1, 0.15) is 0 Å². The van der Waals surface area contributed by atoms with Crippen molar-refractivity contribution >= 4 is 0 Å². The Morgan fingerprint density at radius 2 is 2.27 bits per heavy atom. The molecule has 0 aromatic carbocycles. The van der Waals surface area contributed by atoms with E-state index in [2.05, 4.69) is 4.74 Å². The van der Waals surface area contributed by atoms with E-state index in [9.17, 15) is 8.78 Å². The average Bonchev–Trinajstić information content (AvgIpc) is 2.65. The minimum absolute atomic E-state index is 0.0791. The van der Waals surface area contributed by atoms with Crippen molar-refractivity contribution in [3.05, 3.63) is 12.2 Å². The van der Waals surface area contributed by atoms with E-state index in [1.54, 1.807) is 0 Å². The first-order valence-electron chi connectivity index (χ1n) is 3.32. The SMILES string of the molecule is CC1(C(F)(F)/C=C/CO)CO1. The number of alkyl halides is 2. The fourth-order valence-corrected chi connectivity index (χ4v) is 0.678. The number of epoxide rings is 1. The van der Waals surface area contributed by atoms with E-state index in [0.29, 0.717) is 6.08 Å². The van der Waals surface area contributed by atoms with E-state index >= 15 is 0 Å². The van der Waals surface area contributed by atoms with Crippen LogP contribution in [-0.2, 0) is 4.74 Å². The molecule has 0 spiro atoms. The van der Waals surface area contributed by atoms with Crippen LogP contribution in [0.1, 0.15) is 6.92 Å². The largest absolute Gasteiger partial charge is 0.392 e. The Morgan fingerprint density at radius 3 is 2.64 bits per heavy atom. The van der Waals surface area contributed by atoms with Crippen molar-refractivity contribution in [3.8, 4) is 0 Å². The van der Waals surface area contributed by atoms with Gasteiger partial charge in [0.15, 0.2) is 5.60 Å². The highest BCUT2D eigenvalue weighted by atomic mass is 19.3. The fourth-order valence-electron chi connectivity index (χ4n) is 0.678. The van der Waals surface area contributed by atoms with Gasteiger partial charge in [0.2, 0.25) is 0 Å². The third-order valence-electron chi connectivity index (χ3n) is 1.72. The van der Waals surface area contributed by atoms with Crippen LogP contribution in [0.3, 0.4) is 0 Å². The van der Waals surface area contributed by atoms with E-state index in [-0.39, 0.29) is 13.2 Å². The Kier molecular flexibility index (Phi) is 1.98. The standard InChI is InChI=1S/C7H10F2O2/c1-6(5-11-6)7(8,9)3-2-4-10/h2-3,10H,4-5H2,1H3/b3-2+. The Bertz CT molecular complexity index is 173. The molecular weight excluding hydrogens is 154 g/mol. The van der Waals surface area contributed by atoms with Crippen molar-refractivity contribution in [1.29, 1.82) is 0 Å². The first-order valence-corrected chi connectivity index (χ1v) is 3.32. The number of halogens is 2. The summed E-state index contributed by atoms with van der Waals surface area (Å²) in [5.41, 5.74) is -1.33. The highest BCUT2D eigenvalue weighted by Gasteiger charge is 2.59. The minimum atomic E-state index is -2.96. The van der Waals surface area contributed by atoms with Gasteiger partial charge in [0.25, 0.3) is 5.92 Å². The first-order chi connectivity index (χ1) is 5.02. The predicted molar refractivity (Wildman–Crippen MR) is 35.5 cm³/mol. The van der Waals surface area contributed by atoms with Crippen LogP contribution in [0, 0.1) is 0 Å². The molecule has 0 saturated carbocycles. The molecule has 4 heteroatoms. The molecule has 0 aromatic heterocycles. The summed E-state index contributed by atoms with van der Waals surface area (Å²) in [6.07, 6.45) is 1.70. The van der Waals surface area contributed by atoms with Gasteiger partial charge < -0.3 is 9.84 Å². The monoisotopic (exact) mass is 164 g/mol. The highest BCUT2D eigenvalue weighted by molar-refractivity contribution is 5.11. The van der Waals surface area contributed by atoms with Crippen molar-refractivity contribution in [2.45, 2.75) is 18.4 Å². The molecule has 0 aliphatic carbocycles. The summed E-state index contributed by atoms with van der Waals surface area (Å²) >= 11 is 0. The molecular formula is C7H10F2O2. The van der Waals surface area contributed by atoms with Crippen LogP contribution in [0.25, 0.3) is 0 Å². The molecule has 1 atom stereocenters. The number of aliphatic hydroxyl groups excluding tert-OH is 1. The maximum absolute atomic E-state index is 12.9. The van der Waals surface area contributed by atoms with Gasteiger partial charge in [0, 0.05) is 0 Å². The lowest BCUT2D eigenvalue weighted by atomic mass is 10.1. The smallest absolute Gasteiger partial charge is 0.296 e. The number of ether oxygens (including phenoxy) is 1. The molecule has 1 saturated heterocycles. The topological polar surface area (TPSA) is 32.8 Å². The van der Waals surface area contributed by atoms with Crippen LogP contribution in [0.2, 0.25) is 0 Å². The first kappa shape index (κ1) is 8.62. The van der Waals surface area contributed by atoms with Crippen molar-refractivity contribution in [3.63, 3.8) is 0 Å². The number of aliphatic hydroxyl groups is 1. The number of hydrogen-bond acceptors (Lipinski definition) is 2. The van der Waals surface area contributed by atoms with E-state index in [0.717, 1.165) is 6.08 Å². The van der Waals surface area contributed by atoms with Gasteiger partial charge in [-0.2, -0.15) is 8.78 Å². The summed E-state index contributed by atoms with van der Waals surface area (Å²) in [6.45, 7) is 1.05. The van der Waals surface area contributed by atoms with Crippen molar-refractivity contribution in [2.24, 2.45) is 0 Å².